The minimum absolute atomic E-state index is 0.131. The molecule has 0 atom stereocenters. The average Bonchev–Trinajstić information content (AvgIpc) is 2.46. The van der Waals surface area contributed by atoms with Crippen molar-refractivity contribution in [2.75, 3.05) is 23.4 Å². The maximum atomic E-state index is 12.3. The second kappa shape index (κ2) is 6.89. The van der Waals surface area contributed by atoms with Crippen molar-refractivity contribution in [3.63, 3.8) is 0 Å². The van der Waals surface area contributed by atoms with Crippen molar-refractivity contribution < 1.29 is 17.9 Å². The second-order valence-corrected chi connectivity index (χ2v) is 6.88. The van der Waals surface area contributed by atoms with Crippen LogP contribution in [0.3, 0.4) is 0 Å². The lowest BCUT2D eigenvalue weighted by Gasteiger charge is -2.11. The Bertz CT molecular complexity index is 837. The number of para-hydroxylation sites is 2. The first-order chi connectivity index (χ1) is 10.8. The van der Waals surface area contributed by atoms with Gasteiger partial charge in [0.25, 0.3) is 5.91 Å². The zero-order chi connectivity index (χ0) is 17.0. The van der Waals surface area contributed by atoms with E-state index in [9.17, 15) is 13.2 Å². The third-order valence-corrected chi connectivity index (χ3v) is 3.79. The minimum atomic E-state index is -3.41. The van der Waals surface area contributed by atoms with Crippen LogP contribution in [0.25, 0.3) is 0 Å². The second-order valence-electron chi connectivity index (χ2n) is 4.72. The van der Waals surface area contributed by atoms with E-state index < -0.39 is 15.9 Å². The van der Waals surface area contributed by atoms with Crippen LogP contribution in [0, 0.1) is 0 Å². The fourth-order valence-corrected chi connectivity index (χ4v) is 2.74. The molecule has 122 valence electrons. The quantitative estimate of drug-likeness (QED) is 0.864. The molecule has 2 N–H and O–H groups in total. The Morgan fingerprint density at radius 3 is 2.48 bits per heavy atom. The third-order valence-electron chi connectivity index (χ3n) is 2.87. The van der Waals surface area contributed by atoms with Crippen LogP contribution in [-0.2, 0) is 10.0 Å². The number of amides is 1. The molecule has 2 aromatic carbocycles. The Kier molecular flexibility index (Phi) is 5.12. The lowest BCUT2D eigenvalue weighted by molar-refractivity contribution is 0.102. The van der Waals surface area contributed by atoms with Crippen LogP contribution in [0.1, 0.15) is 10.4 Å². The van der Waals surface area contributed by atoms with Gasteiger partial charge in [-0.3, -0.25) is 9.52 Å². The number of sulfonamides is 1. The summed E-state index contributed by atoms with van der Waals surface area (Å²) in [5.41, 5.74) is 1.01. The maximum absolute atomic E-state index is 12.3. The molecule has 0 spiro atoms. The van der Waals surface area contributed by atoms with Crippen LogP contribution in [-0.4, -0.2) is 27.7 Å². The average molecular weight is 355 g/mol. The summed E-state index contributed by atoms with van der Waals surface area (Å²) >= 11 is 6.07. The number of carbonyl (C=O) groups is 1. The molecule has 0 aliphatic heterocycles. The van der Waals surface area contributed by atoms with Crippen molar-refractivity contribution in [3.05, 3.63) is 53.1 Å². The molecule has 1 amide bonds. The van der Waals surface area contributed by atoms with Crippen LogP contribution in [0.15, 0.2) is 42.5 Å². The molecule has 2 aromatic rings. The monoisotopic (exact) mass is 354 g/mol. The van der Waals surface area contributed by atoms with Crippen LogP contribution in [0.4, 0.5) is 11.4 Å². The molecule has 2 rings (SSSR count). The molecule has 0 unspecified atom stereocenters. The Balaban J connectivity index is 2.23. The van der Waals surface area contributed by atoms with Crippen LogP contribution in [0.2, 0.25) is 5.02 Å². The number of rotatable bonds is 5. The Labute approximate surface area is 139 Å². The summed E-state index contributed by atoms with van der Waals surface area (Å²) in [4.78, 5) is 12.3. The summed E-state index contributed by atoms with van der Waals surface area (Å²) in [5, 5.41) is 2.83. The molecule has 0 radical (unpaired) electrons. The predicted octanol–water partition coefficient (Wildman–Crippen LogP) is 2.97. The van der Waals surface area contributed by atoms with Gasteiger partial charge in [-0.2, -0.15) is 0 Å². The van der Waals surface area contributed by atoms with Gasteiger partial charge in [-0.25, -0.2) is 8.42 Å². The van der Waals surface area contributed by atoms with E-state index in [2.05, 4.69) is 10.0 Å². The van der Waals surface area contributed by atoms with Gasteiger partial charge < -0.3 is 10.1 Å². The van der Waals surface area contributed by atoms with E-state index in [0.29, 0.717) is 11.4 Å². The first kappa shape index (κ1) is 17.1. The molecular formula is C15H15ClN2O4S. The van der Waals surface area contributed by atoms with E-state index in [1.807, 2.05) is 0 Å². The van der Waals surface area contributed by atoms with Crippen molar-refractivity contribution in [1.29, 1.82) is 0 Å². The smallest absolute Gasteiger partial charge is 0.257 e. The summed E-state index contributed by atoms with van der Waals surface area (Å²) in [6.45, 7) is 0. The summed E-state index contributed by atoms with van der Waals surface area (Å²) in [6.07, 6.45) is 1.03. The normalized spacial score (nSPS) is 10.9. The highest BCUT2D eigenvalue weighted by Crippen LogP contribution is 2.26. The first-order valence-electron chi connectivity index (χ1n) is 6.52. The number of ether oxygens (including phenoxy) is 1. The number of nitrogens with one attached hydrogen (secondary N) is 2. The third kappa shape index (κ3) is 4.61. The molecule has 8 heteroatoms. The molecule has 0 aliphatic rings. The number of carbonyl (C=O) groups excluding carboxylic acids is 1. The predicted molar refractivity (Wildman–Crippen MR) is 90.9 cm³/mol. The number of halogens is 1. The Morgan fingerprint density at radius 2 is 1.87 bits per heavy atom. The van der Waals surface area contributed by atoms with E-state index in [1.54, 1.807) is 24.3 Å². The number of anilines is 2. The van der Waals surface area contributed by atoms with Crippen molar-refractivity contribution in [2.45, 2.75) is 0 Å². The van der Waals surface area contributed by atoms with Gasteiger partial charge in [0, 0.05) is 5.69 Å². The molecule has 0 bridgehead atoms. The van der Waals surface area contributed by atoms with Crippen LogP contribution < -0.4 is 14.8 Å². The summed E-state index contributed by atoms with van der Waals surface area (Å²) in [7, 11) is -1.91. The number of benzene rings is 2. The topological polar surface area (TPSA) is 84.5 Å². The highest BCUT2D eigenvalue weighted by molar-refractivity contribution is 7.92. The van der Waals surface area contributed by atoms with E-state index >= 15 is 0 Å². The van der Waals surface area contributed by atoms with Crippen molar-refractivity contribution in [2.24, 2.45) is 0 Å². The highest BCUT2D eigenvalue weighted by atomic mass is 35.5. The minimum Gasteiger partial charge on any atom is -0.495 e. The number of hydrogen-bond donors (Lipinski definition) is 2. The molecule has 23 heavy (non-hydrogen) atoms. The molecule has 6 nitrogen and oxygen atoms in total. The van der Waals surface area contributed by atoms with Crippen LogP contribution >= 0.6 is 11.6 Å². The first-order valence-corrected chi connectivity index (χ1v) is 8.79. The van der Waals surface area contributed by atoms with Gasteiger partial charge in [0.05, 0.1) is 29.6 Å². The standard InChI is InChI=1S/C15H15ClN2O4S/c1-22-14-6-4-3-5-13(14)17-15(19)11-8-7-10(9-12(11)16)18-23(2,20)21/h3-9,18H,1-2H3,(H,17,19). The largest absolute Gasteiger partial charge is 0.495 e. The maximum Gasteiger partial charge on any atom is 0.257 e. The summed E-state index contributed by atoms with van der Waals surface area (Å²) in [6, 6.07) is 11.2. The number of methoxy groups -OCH3 is 1. The Morgan fingerprint density at radius 1 is 1.17 bits per heavy atom. The molecule has 0 saturated carbocycles. The van der Waals surface area contributed by atoms with Gasteiger partial charge in [-0.05, 0) is 30.3 Å². The lowest BCUT2D eigenvalue weighted by atomic mass is 10.2. The fraction of sp³-hybridized carbons (Fsp3) is 0.133. The van der Waals surface area contributed by atoms with Gasteiger partial charge in [-0.1, -0.05) is 23.7 Å². The lowest BCUT2D eigenvalue weighted by Crippen LogP contribution is -2.14. The Hall–Kier alpha value is -2.25. The fourth-order valence-electron chi connectivity index (χ4n) is 1.91. The molecular weight excluding hydrogens is 340 g/mol. The van der Waals surface area contributed by atoms with Gasteiger partial charge >= 0.3 is 0 Å². The molecule has 0 aromatic heterocycles. The zero-order valence-electron chi connectivity index (χ0n) is 12.5. The van der Waals surface area contributed by atoms with E-state index in [0.717, 1.165) is 6.26 Å². The number of hydrogen-bond acceptors (Lipinski definition) is 4. The van der Waals surface area contributed by atoms with Gasteiger partial charge in [0.15, 0.2) is 0 Å². The van der Waals surface area contributed by atoms with Crippen molar-refractivity contribution >= 4 is 38.9 Å². The van der Waals surface area contributed by atoms with Crippen molar-refractivity contribution in [1.82, 2.24) is 0 Å². The van der Waals surface area contributed by atoms with Gasteiger partial charge in [0.2, 0.25) is 10.0 Å². The van der Waals surface area contributed by atoms with Gasteiger partial charge in [-0.15, -0.1) is 0 Å². The van der Waals surface area contributed by atoms with Crippen molar-refractivity contribution in [3.8, 4) is 5.75 Å². The van der Waals surface area contributed by atoms with Gasteiger partial charge in [0.1, 0.15) is 5.75 Å². The van der Waals surface area contributed by atoms with E-state index in [4.69, 9.17) is 16.3 Å². The highest BCUT2D eigenvalue weighted by Gasteiger charge is 2.14. The molecule has 0 fully saturated rings. The summed E-state index contributed by atoms with van der Waals surface area (Å²) < 4.78 is 29.8. The van der Waals surface area contributed by atoms with Crippen LogP contribution in [0.5, 0.6) is 5.75 Å². The molecule has 0 saturated heterocycles. The SMILES string of the molecule is COc1ccccc1NC(=O)c1ccc(NS(C)(=O)=O)cc1Cl. The molecule has 0 aliphatic carbocycles. The zero-order valence-corrected chi connectivity index (χ0v) is 14.0. The van der Waals surface area contributed by atoms with E-state index in [-0.39, 0.29) is 16.3 Å². The molecule has 0 heterocycles. The van der Waals surface area contributed by atoms with E-state index in [1.165, 1.54) is 25.3 Å². The summed E-state index contributed by atoms with van der Waals surface area (Å²) in [5.74, 6) is 0.0951.